The Morgan fingerprint density at radius 3 is 2.65 bits per heavy atom. The number of ether oxygens (including phenoxy) is 2. The average Bonchev–Trinajstić information content (AvgIpc) is 2.53. The van der Waals surface area contributed by atoms with E-state index in [2.05, 4.69) is 5.32 Å². The second kappa shape index (κ2) is 8.12. The Hall–Kier alpha value is -2.63. The van der Waals surface area contributed by atoms with Crippen molar-refractivity contribution in [2.24, 2.45) is 0 Å². The summed E-state index contributed by atoms with van der Waals surface area (Å²) in [7, 11) is 1.50. The van der Waals surface area contributed by atoms with Crippen LogP contribution in [0.15, 0.2) is 42.5 Å². The van der Waals surface area contributed by atoms with Crippen molar-refractivity contribution in [3.63, 3.8) is 0 Å². The highest BCUT2D eigenvalue weighted by molar-refractivity contribution is 5.77. The molecular weight excluding hydrogens is 304 g/mol. The number of benzene rings is 2. The van der Waals surface area contributed by atoms with Crippen molar-refractivity contribution in [3.8, 4) is 11.5 Å². The smallest absolute Gasteiger partial charge is 0.257 e. The fourth-order valence-electron chi connectivity index (χ4n) is 2.04. The Labute approximate surface area is 133 Å². The monoisotopic (exact) mass is 321 g/mol. The molecule has 0 bridgehead atoms. The normalized spacial score (nSPS) is 10.2. The summed E-state index contributed by atoms with van der Waals surface area (Å²) in [5.41, 5.74) is 0.666. The molecule has 0 saturated carbocycles. The van der Waals surface area contributed by atoms with Crippen LogP contribution in [-0.2, 0) is 11.2 Å². The van der Waals surface area contributed by atoms with Crippen LogP contribution < -0.4 is 14.8 Å². The van der Waals surface area contributed by atoms with E-state index < -0.39 is 5.82 Å². The van der Waals surface area contributed by atoms with Crippen LogP contribution in [0.1, 0.15) is 5.56 Å². The van der Waals surface area contributed by atoms with Gasteiger partial charge in [-0.3, -0.25) is 4.79 Å². The van der Waals surface area contributed by atoms with Crippen LogP contribution in [0, 0.1) is 11.6 Å². The quantitative estimate of drug-likeness (QED) is 0.853. The van der Waals surface area contributed by atoms with Gasteiger partial charge in [0, 0.05) is 12.6 Å². The average molecular weight is 321 g/mol. The summed E-state index contributed by atoms with van der Waals surface area (Å²) in [6.45, 7) is 0.0922. The SMILES string of the molecule is COc1ccc(F)cc1CCNC(=O)COc1cccc(F)c1. The second-order valence-corrected chi connectivity index (χ2v) is 4.80. The van der Waals surface area contributed by atoms with Crippen LogP contribution in [0.4, 0.5) is 8.78 Å². The minimum absolute atomic E-state index is 0.219. The van der Waals surface area contributed by atoms with Crippen molar-refractivity contribution in [2.75, 3.05) is 20.3 Å². The number of carbonyl (C=O) groups excluding carboxylic acids is 1. The molecule has 23 heavy (non-hydrogen) atoms. The number of halogens is 2. The van der Waals surface area contributed by atoms with Crippen molar-refractivity contribution >= 4 is 5.91 Å². The lowest BCUT2D eigenvalue weighted by atomic mass is 10.1. The molecule has 122 valence electrons. The highest BCUT2D eigenvalue weighted by Gasteiger charge is 2.07. The maximum Gasteiger partial charge on any atom is 0.257 e. The first-order valence-electron chi connectivity index (χ1n) is 7.06. The van der Waals surface area contributed by atoms with Crippen molar-refractivity contribution in [1.82, 2.24) is 5.32 Å². The van der Waals surface area contributed by atoms with Crippen LogP contribution in [0.5, 0.6) is 11.5 Å². The number of hydrogen-bond acceptors (Lipinski definition) is 3. The van der Waals surface area contributed by atoms with Crippen molar-refractivity contribution in [2.45, 2.75) is 6.42 Å². The molecule has 4 nitrogen and oxygen atoms in total. The predicted octanol–water partition coefficient (Wildman–Crippen LogP) is 2.71. The third-order valence-corrected chi connectivity index (χ3v) is 3.12. The van der Waals surface area contributed by atoms with Crippen LogP contribution in [0.25, 0.3) is 0 Å². The number of rotatable bonds is 7. The topological polar surface area (TPSA) is 47.6 Å². The number of amides is 1. The summed E-state index contributed by atoms with van der Waals surface area (Å²) in [5, 5.41) is 2.65. The molecule has 0 aliphatic heterocycles. The summed E-state index contributed by atoms with van der Waals surface area (Å²) < 4.78 is 36.5. The molecule has 6 heteroatoms. The summed E-state index contributed by atoms with van der Waals surface area (Å²) in [6.07, 6.45) is 0.423. The molecule has 0 radical (unpaired) electrons. The third kappa shape index (κ3) is 5.25. The highest BCUT2D eigenvalue weighted by atomic mass is 19.1. The third-order valence-electron chi connectivity index (χ3n) is 3.12. The summed E-state index contributed by atoms with van der Waals surface area (Å²) in [6, 6.07) is 9.78. The van der Waals surface area contributed by atoms with E-state index in [4.69, 9.17) is 9.47 Å². The number of nitrogens with one attached hydrogen (secondary N) is 1. The summed E-state index contributed by atoms with van der Waals surface area (Å²) in [5.74, 6) is -0.282. The van der Waals surface area contributed by atoms with Gasteiger partial charge < -0.3 is 14.8 Å². The van der Waals surface area contributed by atoms with Gasteiger partial charge in [-0.15, -0.1) is 0 Å². The van der Waals surface area contributed by atoms with Gasteiger partial charge in [0.25, 0.3) is 5.91 Å². The molecule has 2 aromatic rings. The van der Waals surface area contributed by atoms with Crippen molar-refractivity contribution in [1.29, 1.82) is 0 Å². The molecule has 0 aliphatic rings. The Bertz CT molecular complexity index is 677. The fourth-order valence-corrected chi connectivity index (χ4v) is 2.04. The molecule has 0 aliphatic carbocycles. The number of hydrogen-bond donors (Lipinski definition) is 1. The highest BCUT2D eigenvalue weighted by Crippen LogP contribution is 2.19. The molecule has 0 fully saturated rings. The van der Waals surface area contributed by atoms with Crippen LogP contribution >= 0.6 is 0 Å². The van der Waals surface area contributed by atoms with Crippen LogP contribution in [0.2, 0.25) is 0 Å². The molecule has 1 amide bonds. The van der Waals surface area contributed by atoms with Gasteiger partial charge in [0.05, 0.1) is 7.11 Å². The molecule has 0 aromatic heterocycles. The predicted molar refractivity (Wildman–Crippen MR) is 81.6 cm³/mol. The Kier molecular flexibility index (Phi) is 5.91. The summed E-state index contributed by atoms with van der Waals surface area (Å²) >= 11 is 0. The van der Waals surface area contributed by atoms with E-state index in [1.54, 1.807) is 12.1 Å². The Balaban J connectivity index is 1.78. The minimum atomic E-state index is -0.430. The van der Waals surface area contributed by atoms with Crippen LogP contribution in [0.3, 0.4) is 0 Å². The molecule has 0 saturated heterocycles. The largest absolute Gasteiger partial charge is 0.496 e. The van der Waals surface area contributed by atoms with Gasteiger partial charge >= 0.3 is 0 Å². The van der Waals surface area contributed by atoms with E-state index >= 15 is 0 Å². The molecule has 2 aromatic carbocycles. The molecule has 0 atom stereocenters. The number of methoxy groups -OCH3 is 1. The first kappa shape index (κ1) is 16.7. The van der Waals surface area contributed by atoms with E-state index in [0.29, 0.717) is 24.3 Å². The molecular formula is C17H17F2NO3. The number of carbonyl (C=O) groups is 1. The fraction of sp³-hybridized carbons (Fsp3) is 0.235. The lowest BCUT2D eigenvalue weighted by Crippen LogP contribution is -2.30. The zero-order valence-electron chi connectivity index (χ0n) is 12.6. The maximum absolute atomic E-state index is 13.2. The molecule has 0 spiro atoms. The molecule has 1 N–H and O–H groups in total. The van der Waals surface area contributed by atoms with Gasteiger partial charge in [0.1, 0.15) is 23.1 Å². The lowest BCUT2D eigenvalue weighted by Gasteiger charge is -2.10. The zero-order chi connectivity index (χ0) is 16.7. The molecule has 0 heterocycles. The molecule has 0 unspecified atom stereocenters. The maximum atomic E-state index is 13.2. The first-order valence-corrected chi connectivity index (χ1v) is 7.06. The van der Waals surface area contributed by atoms with Gasteiger partial charge in [-0.05, 0) is 42.3 Å². The van der Waals surface area contributed by atoms with E-state index in [1.807, 2.05) is 0 Å². The first-order chi connectivity index (χ1) is 11.1. The Morgan fingerprint density at radius 1 is 1.13 bits per heavy atom. The standard InChI is InChI=1S/C17H17F2NO3/c1-22-16-6-5-14(19)9-12(16)7-8-20-17(21)11-23-15-4-2-3-13(18)10-15/h2-6,9-10H,7-8,11H2,1H3,(H,20,21). The lowest BCUT2D eigenvalue weighted by molar-refractivity contribution is -0.123. The van der Waals surface area contributed by atoms with Crippen LogP contribution in [-0.4, -0.2) is 26.2 Å². The van der Waals surface area contributed by atoms with Gasteiger partial charge in [0.15, 0.2) is 6.61 Å². The van der Waals surface area contributed by atoms with Gasteiger partial charge in [0.2, 0.25) is 0 Å². The second-order valence-electron chi connectivity index (χ2n) is 4.80. The minimum Gasteiger partial charge on any atom is -0.496 e. The van der Waals surface area contributed by atoms with Crippen molar-refractivity contribution < 1.29 is 23.0 Å². The van der Waals surface area contributed by atoms with Crippen molar-refractivity contribution in [3.05, 3.63) is 59.7 Å². The van der Waals surface area contributed by atoms with Gasteiger partial charge in [-0.25, -0.2) is 8.78 Å². The van der Waals surface area contributed by atoms with E-state index in [1.165, 1.54) is 37.4 Å². The Morgan fingerprint density at radius 2 is 1.91 bits per heavy atom. The van der Waals surface area contributed by atoms with E-state index in [-0.39, 0.29) is 24.1 Å². The van der Waals surface area contributed by atoms with E-state index in [0.717, 1.165) is 0 Å². The van der Waals surface area contributed by atoms with Gasteiger partial charge in [-0.1, -0.05) is 6.07 Å². The summed E-state index contributed by atoms with van der Waals surface area (Å²) in [4.78, 5) is 11.7. The van der Waals surface area contributed by atoms with Gasteiger partial charge in [-0.2, -0.15) is 0 Å². The molecule has 2 rings (SSSR count). The van der Waals surface area contributed by atoms with E-state index in [9.17, 15) is 13.6 Å². The zero-order valence-corrected chi connectivity index (χ0v) is 12.6.